The molecule has 1 fully saturated rings. The SMILES string of the molecule is CC(C)(C)C1=CCN(CCNS(=O)(=O)c2cnn(C3CCOCC3)c2)CC1. The molecule has 3 heterocycles. The molecule has 0 spiro atoms. The highest BCUT2D eigenvalue weighted by atomic mass is 32.2. The Morgan fingerprint density at radius 1 is 1.30 bits per heavy atom. The Labute approximate surface area is 162 Å². The van der Waals surface area contributed by atoms with Crippen LogP contribution in [0.25, 0.3) is 0 Å². The first kappa shape index (κ1) is 20.5. The van der Waals surface area contributed by atoms with Gasteiger partial charge in [0.1, 0.15) is 4.90 Å². The molecule has 152 valence electrons. The van der Waals surface area contributed by atoms with E-state index >= 15 is 0 Å². The Morgan fingerprint density at radius 3 is 2.67 bits per heavy atom. The molecule has 1 N–H and O–H groups in total. The summed E-state index contributed by atoms with van der Waals surface area (Å²) in [6.07, 6.45) is 8.15. The third-order valence-electron chi connectivity index (χ3n) is 5.43. The van der Waals surface area contributed by atoms with Crippen molar-refractivity contribution in [2.45, 2.75) is 51.0 Å². The molecule has 0 bridgehead atoms. The van der Waals surface area contributed by atoms with Crippen LogP contribution < -0.4 is 4.72 Å². The minimum atomic E-state index is -3.52. The molecule has 1 saturated heterocycles. The summed E-state index contributed by atoms with van der Waals surface area (Å²) in [5.74, 6) is 0. The fourth-order valence-electron chi connectivity index (χ4n) is 3.63. The van der Waals surface area contributed by atoms with Crippen molar-refractivity contribution in [3.63, 3.8) is 0 Å². The maximum atomic E-state index is 12.5. The Morgan fingerprint density at radius 2 is 2.04 bits per heavy atom. The largest absolute Gasteiger partial charge is 0.381 e. The van der Waals surface area contributed by atoms with E-state index in [4.69, 9.17) is 4.74 Å². The van der Waals surface area contributed by atoms with Crippen molar-refractivity contribution in [1.82, 2.24) is 19.4 Å². The zero-order valence-electron chi connectivity index (χ0n) is 16.6. The molecule has 27 heavy (non-hydrogen) atoms. The number of hydrogen-bond acceptors (Lipinski definition) is 5. The molecule has 8 heteroatoms. The molecule has 0 aliphatic carbocycles. The minimum absolute atomic E-state index is 0.221. The average molecular weight is 397 g/mol. The van der Waals surface area contributed by atoms with E-state index in [9.17, 15) is 8.42 Å². The second-order valence-corrected chi connectivity index (χ2v) is 10.2. The van der Waals surface area contributed by atoms with E-state index in [0.717, 1.165) is 32.4 Å². The highest BCUT2D eigenvalue weighted by Crippen LogP contribution is 2.29. The van der Waals surface area contributed by atoms with Gasteiger partial charge in [-0.1, -0.05) is 32.4 Å². The third-order valence-corrected chi connectivity index (χ3v) is 6.85. The first-order valence-electron chi connectivity index (χ1n) is 9.79. The van der Waals surface area contributed by atoms with Crippen LogP contribution in [0.2, 0.25) is 0 Å². The van der Waals surface area contributed by atoms with Gasteiger partial charge in [0.2, 0.25) is 10.0 Å². The lowest BCUT2D eigenvalue weighted by Crippen LogP contribution is -2.38. The van der Waals surface area contributed by atoms with E-state index in [1.54, 1.807) is 10.9 Å². The summed E-state index contributed by atoms with van der Waals surface area (Å²) in [6, 6.07) is 0.222. The molecule has 0 saturated carbocycles. The fourth-order valence-corrected chi connectivity index (χ4v) is 4.59. The smallest absolute Gasteiger partial charge is 0.243 e. The van der Waals surface area contributed by atoms with Gasteiger partial charge in [0.25, 0.3) is 0 Å². The number of sulfonamides is 1. The maximum absolute atomic E-state index is 12.5. The molecule has 2 aliphatic heterocycles. The van der Waals surface area contributed by atoms with Gasteiger partial charge >= 0.3 is 0 Å². The van der Waals surface area contributed by atoms with Gasteiger partial charge in [0, 0.05) is 45.6 Å². The van der Waals surface area contributed by atoms with Gasteiger partial charge in [-0.05, 0) is 24.7 Å². The molecular formula is C19H32N4O3S. The van der Waals surface area contributed by atoms with Gasteiger partial charge in [-0.3, -0.25) is 9.58 Å². The van der Waals surface area contributed by atoms with Crippen LogP contribution in [-0.2, 0) is 14.8 Å². The zero-order valence-corrected chi connectivity index (χ0v) is 17.5. The molecule has 2 aliphatic rings. The topological polar surface area (TPSA) is 76.5 Å². The monoisotopic (exact) mass is 396 g/mol. The number of aromatic nitrogens is 2. The lowest BCUT2D eigenvalue weighted by atomic mass is 9.83. The van der Waals surface area contributed by atoms with Crippen molar-refractivity contribution in [3.8, 4) is 0 Å². The summed E-state index contributed by atoms with van der Waals surface area (Å²) in [7, 11) is -3.52. The number of nitrogens with one attached hydrogen (secondary N) is 1. The lowest BCUT2D eigenvalue weighted by molar-refractivity contribution is 0.0662. The predicted molar refractivity (Wildman–Crippen MR) is 105 cm³/mol. The second kappa shape index (κ2) is 8.43. The Balaban J connectivity index is 1.49. The highest BCUT2D eigenvalue weighted by molar-refractivity contribution is 7.89. The summed E-state index contributed by atoms with van der Waals surface area (Å²) in [5.41, 5.74) is 1.71. The first-order chi connectivity index (χ1) is 12.8. The summed E-state index contributed by atoms with van der Waals surface area (Å²) in [6.45, 7) is 11.1. The van der Waals surface area contributed by atoms with Crippen LogP contribution in [-0.4, -0.2) is 62.5 Å². The van der Waals surface area contributed by atoms with Crippen LogP contribution >= 0.6 is 0 Å². The Kier molecular flexibility index (Phi) is 6.40. The molecule has 3 rings (SSSR count). The second-order valence-electron chi connectivity index (χ2n) is 8.43. The molecule has 7 nitrogen and oxygen atoms in total. The quantitative estimate of drug-likeness (QED) is 0.746. The number of rotatable bonds is 6. The van der Waals surface area contributed by atoms with Gasteiger partial charge in [0.15, 0.2) is 0 Å². The van der Waals surface area contributed by atoms with Crippen molar-refractivity contribution in [2.75, 3.05) is 39.4 Å². The zero-order chi connectivity index (χ0) is 19.5. The molecule has 1 aromatic heterocycles. The van der Waals surface area contributed by atoms with Crippen LogP contribution in [0.5, 0.6) is 0 Å². The van der Waals surface area contributed by atoms with E-state index in [1.807, 2.05) is 0 Å². The third kappa shape index (κ3) is 5.40. The summed E-state index contributed by atoms with van der Waals surface area (Å²) in [5, 5.41) is 4.26. The first-order valence-corrected chi connectivity index (χ1v) is 11.3. The van der Waals surface area contributed by atoms with Gasteiger partial charge in [-0.25, -0.2) is 13.1 Å². The molecule has 0 radical (unpaired) electrons. The molecule has 0 amide bonds. The van der Waals surface area contributed by atoms with Gasteiger partial charge in [-0.15, -0.1) is 0 Å². The van der Waals surface area contributed by atoms with Gasteiger partial charge in [-0.2, -0.15) is 5.10 Å². The molecule has 0 unspecified atom stereocenters. The molecule has 0 aromatic carbocycles. The molecule has 0 atom stereocenters. The van der Waals surface area contributed by atoms with E-state index in [1.165, 1.54) is 11.8 Å². The van der Waals surface area contributed by atoms with Crippen molar-refractivity contribution in [3.05, 3.63) is 24.0 Å². The Hall–Kier alpha value is -1.22. The van der Waals surface area contributed by atoms with E-state index < -0.39 is 10.0 Å². The molecular weight excluding hydrogens is 364 g/mol. The summed E-state index contributed by atoms with van der Waals surface area (Å²) < 4.78 is 34.9. The van der Waals surface area contributed by atoms with E-state index in [2.05, 4.69) is 41.6 Å². The summed E-state index contributed by atoms with van der Waals surface area (Å²) in [4.78, 5) is 2.52. The normalized spacial score (nSPS) is 20.6. The van der Waals surface area contributed by atoms with Gasteiger partial charge < -0.3 is 4.74 Å². The van der Waals surface area contributed by atoms with Crippen LogP contribution in [0.15, 0.2) is 28.9 Å². The number of ether oxygens (including phenoxy) is 1. The van der Waals surface area contributed by atoms with Crippen molar-refractivity contribution >= 4 is 10.0 Å². The van der Waals surface area contributed by atoms with Crippen LogP contribution in [0.4, 0.5) is 0 Å². The van der Waals surface area contributed by atoms with E-state index in [-0.39, 0.29) is 16.4 Å². The van der Waals surface area contributed by atoms with Crippen LogP contribution in [0.1, 0.15) is 46.1 Å². The molecule has 1 aromatic rings. The predicted octanol–water partition coefficient (Wildman–Crippen LogP) is 2.19. The minimum Gasteiger partial charge on any atom is -0.381 e. The van der Waals surface area contributed by atoms with Crippen molar-refractivity contribution in [2.24, 2.45) is 5.41 Å². The Bertz CT molecular complexity index is 758. The summed E-state index contributed by atoms with van der Waals surface area (Å²) >= 11 is 0. The average Bonchev–Trinajstić information content (AvgIpc) is 3.13. The maximum Gasteiger partial charge on any atom is 0.243 e. The number of hydrogen-bond donors (Lipinski definition) is 1. The number of nitrogens with zero attached hydrogens (tertiary/aromatic N) is 3. The van der Waals surface area contributed by atoms with Gasteiger partial charge in [0.05, 0.1) is 12.2 Å². The van der Waals surface area contributed by atoms with Crippen LogP contribution in [0.3, 0.4) is 0 Å². The van der Waals surface area contributed by atoms with Crippen molar-refractivity contribution < 1.29 is 13.2 Å². The highest BCUT2D eigenvalue weighted by Gasteiger charge is 2.23. The lowest BCUT2D eigenvalue weighted by Gasteiger charge is -2.32. The van der Waals surface area contributed by atoms with E-state index in [0.29, 0.717) is 26.3 Å². The van der Waals surface area contributed by atoms with Crippen LogP contribution in [0, 0.1) is 5.41 Å². The standard InChI is InChI=1S/C19H32N4O3S/c1-19(2,3)16-4-9-22(10-5-16)11-8-21-27(24,25)18-14-20-23(15-18)17-6-12-26-13-7-17/h4,14-15,17,21H,5-13H2,1-3H3. The van der Waals surface area contributed by atoms with Crippen molar-refractivity contribution in [1.29, 1.82) is 0 Å². The fraction of sp³-hybridized carbons (Fsp3) is 0.737.